The van der Waals surface area contributed by atoms with Crippen LogP contribution in [0.4, 0.5) is 5.69 Å². The van der Waals surface area contributed by atoms with E-state index in [0.29, 0.717) is 21.4 Å². The zero-order valence-corrected chi connectivity index (χ0v) is 15.9. The van der Waals surface area contributed by atoms with Gasteiger partial charge in [0.2, 0.25) is 0 Å². The maximum absolute atomic E-state index is 12.5. The molecule has 2 aromatic rings. The van der Waals surface area contributed by atoms with Gasteiger partial charge in [-0.2, -0.15) is 0 Å². The summed E-state index contributed by atoms with van der Waals surface area (Å²) < 4.78 is 5.11. The monoisotopic (exact) mass is 368 g/mol. The summed E-state index contributed by atoms with van der Waals surface area (Å²) in [5.41, 5.74) is 3.69. The van der Waals surface area contributed by atoms with Gasteiger partial charge in [0, 0.05) is 12.6 Å². The molecule has 5 nitrogen and oxygen atoms in total. The number of thioether (sulfide) groups is 1. The molecule has 3 rings (SSSR count). The number of ether oxygens (including phenoxy) is 1. The largest absolute Gasteiger partial charge is 0.504 e. The van der Waals surface area contributed by atoms with Crippen molar-refractivity contribution in [2.75, 3.05) is 14.2 Å². The predicted molar refractivity (Wildman–Crippen MR) is 106 cm³/mol. The fourth-order valence-electron chi connectivity index (χ4n) is 2.52. The smallest absolute Gasteiger partial charge is 0.266 e. The third-order valence-electron chi connectivity index (χ3n) is 4.26. The first kappa shape index (κ1) is 18.1. The first-order valence-electron chi connectivity index (χ1n) is 8.10. The van der Waals surface area contributed by atoms with Crippen LogP contribution in [0, 0.1) is 13.8 Å². The minimum atomic E-state index is -0.153. The Bertz CT molecular complexity index is 935. The molecule has 1 fully saturated rings. The number of amides is 1. The van der Waals surface area contributed by atoms with E-state index in [9.17, 15) is 9.90 Å². The molecule has 6 heteroatoms. The lowest BCUT2D eigenvalue weighted by Gasteiger charge is -2.08. The Morgan fingerprint density at radius 3 is 2.65 bits per heavy atom. The van der Waals surface area contributed by atoms with Gasteiger partial charge in [0.15, 0.2) is 16.7 Å². The van der Waals surface area contributed by atoms with Crippen molar-refractivity contribution in [1.82, 2.24) is 4.90 Å². The normalized spacial score (nSPS) is 17.4. The van der Waals surface area contributed by atoms with Gasteiger partial charge >= 0.3 is 0 Å². The van der Waals surface area contributed by atoms with E-state index >= 15 is 0 Å². The number of methoxy groups -OCH3 is 1. The molecule has 1 aliphatic rings. The van der Waals surface area contributed by atoms with Gasteiger partial charge in [-0.25, -0.2) is 4.99 Å². The van der Waals surface area contributed by atoms with Gasteiger partial charge in [0.05, 0.1) is 17.7 Å². The molecule has 0 radical (unpaired) electrons. The van der Waals surface area contributed by atoms with E-state index in [1.165, 1.54) is 29.3 Å². The van der Waals surface area contributed by atoms with Crippen molar-refractivity contribution in [3.63, 3.8) is 0 Å². The highest BCUT2D eigenvalue weighted by atomic mass is 32.2. The van der Waals surface area contributed by atoms with Crippen LogP contribution in [0.2, 0.25) is 0 Å². The van der Waals surface area contributed by atoms with E-state index in [1.54, 1.807) is 31.3 Å². The Morgan fingerprint density at radius 1 is 1.19 bits per heavy atom. The van der Waals surface area contributed by atoms with Crippen molar-refractivity contribution < 1.29 is 14.6 Å². The van der Waals surface area contributed by atoms with Crippen LogP contribution in [0.25, 0.3) is 6.08 Å². The quantitative estimate of drug-likeness (QED) is 0.823. The van der Waals surface area contributed by atoms with Crippen LogP contribution in [-0.2, 0) is 4.79 Å². The van der Waals surface area contributed by atoms with Gasteiger partial charge < -0.3 is 9.84 Å². The molecule has 1 N–H and O–H groups in total. The van der Waals surface area contributed by atoms with Gasteiger partial charge in [-0.1, -0.05) is 18.2 Å². The summed E-state index contributed by atoms with van der Waals surface area (Å²) in [6.45, 7) is 4.08. The summed E-state index contributed by atoms with van der Waals surface area (Å²) in [5.74, 6) is 0.227. The molecule has 0 bridgehead atoms. The Hall–Kier alpha value is -2.73. The second kappa shape index (κ2) is 7.25. The number of benzene rings is 2. The van der Waals surface area contributed by atoms with Crippen LogP contribution in [0.1, 0.15) is 16.7 Å². The second-order valence-corrected chi connectivity index (χ2v) is 7.04. The molecule has 0 spiro atoms. The number of phenols is 1. The highest BCUT2D eigenvalue weighted by molar-refractivity contribution is 8.18. The number of likely N-dealkylation sites (N-methyl/N-ethyl adjacent to an activating group) is 1. The van der Waals surface area contributed by atoms with E-state index in [4.69, 9.17) is 4.74 Å². The number of amidine groups is 1. The summed E-state index contributed by atoms with van der Waals surface area (Å²) in [6, 6.07) is 11.1. The zero-order valence-electron chi connectivity index (χ0n) is 15.1. The molecule has 1 amide bonds. The molecule has 2 aromatic carbocycles. The van der Waals surface area contributed by atoms with E-state index in [2.05, 4.69) is 4.99 Å². The summed E-state index contributed by atoms with van der Waals surface area (Å²) in [5, 5.41) is 10.8. The van der Waals surface area contributed by atoms with Gasteiger partial charge in [0.1, 0.15) is 0 Å². The Labute approximate surface area is 157 Å². The van der Waals surface area contributed by atoms with Crippen molar-refractivity contribution in [1.29, 1.82) is 0 Å². The number of rotatable bonds is 3. The summed E-state index contributed by atoms with van der Waals surface area (Å²) in [4.78, 5) is 19.2. The number of phenolic OH excluding ortho intramolecular Hbond substituents is 1. The van der Waals surface area contributed by atoms with Crippen molar-refractivity contribution in [2.45, 2.75) is 13.8 Å². The minimum Gasteiger partial charge on any atom is -0.504 e. The number of hydrogen-bond donors (Lipinski definition) is 1. The molecule has 134 valence electrons. The average molecular weight is 368 g/mol. The number of hydrogen-bond acceptors (Lipinski definition) is 5. The Morgan fingerprint density at radius 2 is 1.96 bits per heavy atom. The number of aromatic hydroxyl groups is 1. The lowest BCUT2D eigenvalue weighted by Crippen LogP contribution is -2.23. The van der Waals surface area contributed by atoms with E-state index < -0.39 is 0 Å². The molecule has 0 saturated carbocycles. The van der Waals surface area contributed by atoms with E-state index in [-0.39, 0.29) is 11.7 Å². The number of nitrogens with zero attached hydrogens (tertiary/aromatic N) is 2. The first-order chi connectivity index (χ1) is 12.4. The second-order valence-electron chi connectivity index (χ2n) is 6.04. The number of aliphatic imine (C=N–C) groups is 1. The average Bonchev–Trinajstić information content (AvgIpc) is 2.88. The molecule has 0 atom stereocenters. The highest BCUT2D eigenvalue weighted by Crippen LogP contribution is 2.37. The lowest BCUT2D eigenvalue weighted by molar-refractivity contribution is -0.121. The maximum atomic E-state index is 12.5. The Balaban J connectivity index is 1.94. The summed E-state index contributed by atoms with van der Waals surface area (Å²) in [7, 11) is 3.19. The number of para-hydroxylation sites is 1. The maximum Gasteiger partial charge on any atom is 0.266 e. The number of carbonyl (C=O) groups excluding carboxylic acids is 1. The van der Waals surface area contributed by atoms with Gasteiger partial charge in [-0.3, -0.25) is 9.69 Å². The standard InChI is InChI=1S/C20H20N2O3S/c1-12-8-9-15(10-13(12)2)21-20-22(3)19(24)17(26-20)11-14-6-5-7-16(25-4)18(14)23/h5-11,23H,1-4H3/b17-11-,21-20?. The van der Waals surface area contributed by atoms with Crippen molar-refractivity contribution in [3.05, 3.63) is 58.0 Å². The third-order valence-corrected chi connectivity index (χ3v) is 5.32. The predicted octanol–water partition coefficient (Wildman–Crippen LogP) is 4.25. The van der Waals surface area contributed by atoms with E-state index in [0.717, 1.165) is 11.3 Å². The molecule has 0 unspecified atom stereocenters. The molecule has 1 heterocycles. The topological polar surface area (TPSA) is 62.1 Å². The van der Waals surface area contributed by atoms with Crippen molar-refractivity contribution in [3.8, 4) is 11.5 Å². The first-order valence-corrected chi connectivity index (χ1v) is 8.92. The highest BCUT2D eigenvalue weighted by Gasteiger charge is 2.30. The molecule has 1 aliphatic heterocycles. The van der Waals surface area contributed by atoms with Crippen LogP contribution in [-0.4, -0.2) is 35.2 Å². The van der Waals surface area contributed by atoms with Crippen molar-refractivity contribution >= 4 is 34.6 Å². The van der Waals surface area contributed by atoms with Gasteiger partial charge in [0.25, 0.3) is 5.91 Å². The van der Waals surface area contributed by atoms with Crippen LogP contribution in [0.15, 0.2) is 46.3 Å². The molecule has 0 aliphatic carbocycles. The molecular formula is C20H20N2O3S. The van der Waals surface area contributed by atoms with Crippen LogP contribution in [0.3, 0.4) is 0 Å². The molecule has 26 heavy (non-hydrogen) atoms. The fourth-order valence-corrected chi connectivity index (χ4v) is 3.50. The molecule has 1 saturated heterocycles. The van der Waals surface area contributed by atoms with Crippen molar-refractivity contribution in [2.24, 2.45) is 4.99 Å². The van der Waals surface area contributed by atoms with E-state index in [1.807, 2.05) is 32.0 Å². The minimum absolute atomic E-state index is 0.0121. The number of carbonyl (C=O) groups is 1. The summed E-state index contributed by atoms with van der Waals surface area (Å²) >= 11 is 1.28. The zero-order chi connectivity index (χ0) is 18.8. The van der Waals surface area contributed by atoms with Crippen LogP contribution < -0.4 is 4.74 Å². The fraction of sp³-hybridized carbons (Fsp3) is 0.200. The third kappa shape index (κ3) is 3.46. The van der Waals surface area contributed by atoms with Crippen LogP contribution >= 0.6 is 11.8 Å². The molecule has 0 aromatic heterocycles. The van der Waals surface area contributed by atoms with Gasteiger partial charge in [-0.05, 0) is 61.0 Å². The van der Waals surface area contributed by atoms with Gasteiger partial charge in [-0.15, -0.1) is 0 Å². The number of aryl methyl sites for hydroxylation is 2. The SMILES string of the molecule is COc1cccc(/C=C2\SC(=Nc3ccc(C)c(C)c3)N(C)C2=O)c1O. The lowest BCUT2D eigenvalue weighted by atomic mass is 10.1. The van der Waals surface area contributed by atoms with Crippen LogP contribution in [0.5, 0.6) is 11.5 Å². The molecular weight excluding hydrogens is 348 g/mol. The Kier molecular flexibility index (Phi) is 5.04. The summed E-state index contributed by atoms with van der Waals surface area (Å²) in [6.07, 6.45) is 1.66.